The summed E-state index contributed by atoms with van der Waals surface area (Å²) < 4.78 is 0. The van der Waals surface area contributed by atoms with Gasteiger partial charge in [-0.05, 0) is 41.8 Å². The maximum atomic E-state index is 11.9. The summed E-state index contributed by atoms with van der Waals surface area (Å²) in [5, 5.41) is 5.66. The molecule has 0 saturated heterocycles. The molecule has 3 rings (SSSR count). The Labute approximate surface area is 128 Å². The van der Waals surface area contributed by atoms with Crippen LogP contribution in [0.25, 0.3) is 6.08 Å². The maximum Gasteiger partial charge on any atom is 0.248 e. The summed E-state index contributed by atoms with van der Waals surface area (Å²) in [6.07, 6.45) is 4.47. The molecule has 0 fully saturated rings. The molecule has 0 atom stereocenters. The lowest BCUT2D eigenvalue weighted by molar-refractivity contribution is -0.116. The Morgan fingerprint density at radius 1 is 1.09 bits per heavy atom. The Morgan fingerprint density at radius 3 is 2.73 bits per heavy atom. The second kappa shape index (κ2) is 6.26. The first-order valence-corrected chi connectivity index (χ1v) is 7.17. The number of hydrogen-bond acceptors (Lipinski definition) is 2. The Kier molecular flexibility index (Phi) is 4.01. The molecule has 0 aromatic heterocycles. The third kappa shape index (κ3) is 3.41. The number of fused-ring (bicyclic) bond motifs is 1. The summed E-state index contributed by atoms with van der Waals surface area (Å²) >= 11 is 0. The second-order valence-electron chi connectivity index (χ2n) is 5.15. The van der Waals surface area contributed by atoms with Gasteiger partial charge in [0.25, 0.3) is 0 Å². The van der Waals surface area contributed by atoms with Crippen molar-refractivity contribution in [1.82, 2.24) is 0 Å². The number of aryl methyl sites for hydroxylation is 1. The highest BCUT2D eigenvalue weighted by molar-refractivity contribution is 6.02. The fourth-order valence-electron chi connectivity index (χ4n) is 2.38. The number of rotatable bonds is 3. The average Bonchev–Trinajstić information content (AvgIpc) is 2.54. The summed E-state index contributed by atoms with van der Waals surface area (Å²) in [5.74, 6) is -0.140. The van der Waals surface area contributed by atoms with Gasteiger partial charge in [0.2, 0.25) is 11.8 Å². The van der Waals surface area contributed by atoms with Gasteiger partial charge in [-0.25, -0.2) is 0 Å². The Morgan fingerprint density at radius 2 is 1.91 bits per heavy atom. The van der Waals surface area contributed by atoms with Crippen LogP contribution < -0.4 is 10.6 Å². The molecule has 0 bridgehead atoms. The van der Waals surface area contributed by atoms with Gasteiger partial charge < -0.3 is 10.6 Å². The van der Waals surface area contributed by atoms with Gasteiger partial charge in [0, 0.05) is 23.9 Å². The largest absolute Gasteiger partial charge is 0.326 e. The molecule has 1 aliphatic heterocycles. The molecule has 0 spiro atoms. The van der Waals surface area contributed by atoms with Crippen molar-refractivity contribution in [3.8, 4) is 0 Å². The number of amides is 2. The van der Waals surface area contributed by atoms with Gasteiger partial charge in [0.05, 0.1) is 0 Å². The van der Waals surface area contributed by atoms with Crippen LogP contribution in [0.15, 0.2) is 54.6 Å². The summed E-state index contributed by atoms with van der Waals surface area (Å²) in [6.45, 7) is 0. The van der Waals surface area contributed by atoms with E-state index in [1.165, 1.54) is 6.08 Å². The van der Waals surface area contributed by atoms with Crippen LogP contribution in [-0.2, 0) is 16.0 Å². The molecule has 1 aliphatic rings. The van der Waals surface area contributed by atoms with Gasteiger partial charge in [-0.1, -0.05) is 30.3 Å². The number of benzene rings is 2. The maximum absolute atomic E-state index is 11.9. The highest BCUT2D eigenvalue weighted by Crippen LogP contribution is 2.25. The van der Waals surface area contributed by atoms with Crippen molar-refractivity contribution in [3.63, 3.8) is 0 Å². The molecule has 0 aliphatic carbocycles. The zero-order chi connectivity index (χ0) is 15.4. The lowest BCUT2D eigenvalue weighted by Crippen LogP contribution is -2.19. The van der Waals surface area contributed by atoms with Crippen molar-refractivity contribution in [3.05, 3.63) is 65.7 Å². The van der Waals surface area contributed by atoms with E-state index in [1.54, 1.807) is 12.1 Å². The monoisotopic (exact) mass is 292 g/mol. The van der Waals surface area contributed by atoms with E-state index < -0.39 is 0 Å². The third-order valence-corrected chi connectivity index (χ3v) is 3.49. The molecule has 0 saturated carbocycles. The Balaban J connectivity index is 1.67. The molecule has 0 unspecified atom stereocenters. The minimum absolute atomic E-state index is 0.0371. The normalized spacial score (nSPS) is 13.5. The van der Waals surface area contributed by atoms with E-state index in [9.17, 15) is 9.59 Å². The first kappa shape index (κ1) is 14.1. The fraction of sp³-hybridized carbons (Fsp3) is 0.111. The molecule has 4 nitrogen and oxygen atoms in total. The molecular weight excluding hydrogens is 276 g/mol. The number of carbonyl (C=O) groups is 2. The van der Waals surface area contributed by atoms with Gasteiger partial charge in [-0.2, -0.15) is 0 Å². The van der Waals surface area contributed by atoms with Crippen molar-refractivity contribution >= 4 is 29.3 Å². The van der Waals surface area contributed by atoms with Crippen molar-refractivity contribution in [1.29, 1.82) is 0 Å². The smallest absolute Gasteiger partial charge is 0.248 e. The predicted octanol–water partition coefficient (Wildman–Crippen LogP) is 3.22. The number of carbonyl (C=O) groups excluding carboxylic acids is 2. The highest BCUT2D eigenvalue weighted by atomic mass is 16.2. The molecule has 110 valence electrons. The van der Waals surface area contributed by atoms with Crippen LogP contribution in [0.4, 0.5) is 11.4 Å². The topological polar surface area (TPSA) is 58.2 Å². The van der Waals surface area contributed by atoms with Crippen molar-refractivity contribution in [2.24, 2.45) is 0 Å². The van der Waals surface area contributed by atoms with Crippen LogP contribution >= 0.6 is 0 Å². The van der Waals surface area contributed by atoms with Gasteiger partial charge >= 0.3 is 0 Å². The summed E-state index contributed by atoms with van der Waals surface area (Å²) in [5.41, 5.74) is 3.59. The molecule has 1 heterocycles. The summed E-state index contributed by atoms with van der Waals surface area (Å²) in [4.78, 5) is 23.3. The first-order valence-electron chi connectivity index (χ1n) is 7.17. The summed E-state index contributed by atoms with van der Waals surface area (Å²) in [7, 11) is 0. The average molecular weight is 292 g/mol. The summed E-state index contributed by atoms with van der Waals surface area (Å²) in [6, 6.07) is 15.2. The van der Waals surface area contributed by atoms with E-state index in [0.29, 0.717) is 12.8 Å². The third-order valence-electron chi connectivity index (χ3n) is 3.49. The fourth-order valence-corrected chi connectivity index (χ4v) is 2.38. The van der Waals surface area contributed by atoms with Gasteiger partial charge in [-0.3, -0.25) is 9.59 Å². The SMILES string of the molecule is O=C(C=Cc1ccccc1)Nc1ccc2c(c1)CCC(=O)N2. The molecule has 22 heavy (non-hydrogen) atoms. The highest BCUT2D eigenvalue weighted by Gasteiger charge is 2.14. The quantitative estimate of drug-likeness (QED) is 0.853. The molecule has 2 amide bonds. The van der Waals surface area contributed by atoms with Crippen molar-refractivity contribution in [2.75, 3.05) is 10.6 Å². The standard InChI is InChI=1S/C18H16N2O2/c21-17(10-6-13-4-2-1-3-5-13)19-15-8-9-16-14(12-15)7-11-18(22)20-16/h1-6,8-10,12H,7,11H2,(H,19,21)(H,20,22). The van der Waals surface area contributed by atoms with Crippen LogP contribution in [0.3, 0.4) is 0 Å². The van der Waals surface area contributed by atoms with E-state index in [4.69, 9.17) is 0 Å². The molecule has 2 aromatic rings. The van der Waals surface area contributed by atoms with E-state index in [1.807, 2.05) is 42.5 Å². The van der Waals surface area contributed by atoms with Crippen LogP contribution in [0.5, 0.6) is 0 Å². The first-order chi connectivity index (χ1) is 10.7. The van der Waals surface area contributed by atoms with Crippen LogP contribution in [0, 0.1) is 0 Å². The van der Waals surface area contributed by atoms with E-state index in [2.05, 4.69) is 10.6 Å². The van der Waals surface area contributed by atoms with Crippen molar-refractivity contribution in [2.45, 2.75) is 12.8 Å². The minimum Gasteiger partial charge on any atom is -0.326 e. The zero-order valence-electron chi connectivity index (χ0n) is 12.0. The van der Waals surface area contributed by atoms with Crippen molar-refractivity contribution < 1.29 is 9.59 Å². The van der Waals surface area contributed by atoms with E-state index in [0.717, 1.165) is 22.5 Å². The Hall–Kier alpha value is -2.88. The zero-order valence-corrected chi connectivity index (χ0v) is 12.0. The molecule has 4 heteroatoms. The van der Waals surface area contributed by atoms with Crippen LogP contribution in [-0.4, -0.2) is 11.8 Å². The lowest BCUT2D eigenvalue weighted by atomic mass is 10.0. The molecule has 0 radical (unpaired) electrons. The molecule has 2 N–H and O–H groups in total. The number of nitrogens with one attached hydrogen (secondary N) is 2. The van der Waals surface area contributed by atoms with Crippen LogP contribution in [0.2, 0.25) is 0 Å². The number of anilines is 2. The second-order valence-corrected chi connectivity index (χ2v) is 5.15. The van der Waals surface area contributed by atoms with Gasteiger partial charge in [-0.15, -0.1) is 0 Å². The van der Waals surface area contributed by atoms with Gasteiger partial charge in [0.1, 0.15) is 0 Å². The van der Waals surface area contributed by atoms with Gasteiger partial charge in [0.15, 0.2) is 0 Å². The molecule has 2 aromatic carbocycles. The number of hydrogen-bond donors (Lipinski definition) is 2. The van der Waals surface area contributed by atoms with E-state index in [-0.39, 0.29) is 11.8 Å². The molecular formula is C18H16N2O2. The Bertz CT molecular complexity index is 736. The van der Waals surface area contributed by atoms with Crippen LogP contribution in [0.1, 0.15) is 17.5 Å². The van der Waals surface area contributed by atoms with E-state index >= 15 is 0 Å². The minimum atomic E-state index is -0.177. The lowest BCUT2D eigenvalue weighted by Gasteiger charge is -2.17. The predicted molar refractivity (Wildman–Crippen MR) is 87.5 cm³/mol.